The second kappa shape index (κ2) is 10.8. The predicted octanol–water partition coefficient (Wildman–Crippen LogP) is 2.74. The van der Waals surface area contributed by atoms with Crippen LogP contribution in [0.2, 0.25) is 0 Å². The molecule has 0 bridgehead atoms. The summed E-state index contributed by atoms with van der Waals surface area (Å²) in [6.07, 6.45) is 4.24. The molecule has 1 aromatic rings. The summed E-state index contributed by atoms with van der Waals surface area (Å²) in [5.74, 6) is 0.0451. The molecule has 0 radical (unpaired) electrons. The van der Waals surface area contributed by atoms with E-state index < -0.39 is 24.5 Å². The van der Waals surface area contributed by atoms with Gasteiger partial charge in [-0.05, 0) is 43.0 Å². The molecule has 1 aliphatic carbocycles. The lowest BCUT2D eigenvalue weighted by Gasteiger charge is -2.29. The number of esters is 1. The third-order valence-corrected chi connectivity index (χ3v) is 5.45. The first-order valence-corrected chi connectivity index (χ1v) is 9.99. The average Bonchev–Trinajstić information content (AvgIpc) is 2.67. The van der Waals surface area contributed by atoms with Gasteiger partial charge < -0.3 is 14.8 Å². The van der Waals surface area contributed by atoms with Crippen LogP contribution in [0.3, 0.4) is 0 Å². The minimum absolute atomic E-state index is 0.0748. The van der Waals surface area contributed by atoms with E-state index in [1.807, 2.05) is 12.1 Å². The number of benzene rings is 1. The highest BCUT2D eigenvalue weighted by molar-refractivity contribution is 8.00. The first kappa shape index (κ1) is 21.1. The molecule has 2 atom stereocenters. The number of hydrogen-bond donors (Lipinski definition) is 2. The Morgan fingerprint density at radius 1 is 1.15 bits per heavy atom. The molecule has 8 heteroatoms. The van der Waals surface area contributed by atoms with Crippen molar-refractivity contribution >= 4 is 29.7 Å². The molecule has 1 fully saturated rings. The van der Waals surface area contributed by atoms with Gasteiger partial charge in [0.25, 0.3) is 5.91 Å². The van der Waals surface area contributed by atoms with Gasteiger partial charge in [-0.1, -0.05) is 19.8 Å². The van der Waals surface area contributed by atoms with Gasteiger partial charge in [0.2, 0.25) is 0 Å². The van der Waals surface area contributed by atoms with Crippen LogP contribution in [0, 0.1) is 5.92 Å². The van der Waals surface area contributed by atoms with E-state index in [4.69, 9.17) is 9.47 Å². The first-order chi connectivity index (χ1) is 13.0. The zero-order valence-corrected chi connectivity index (χ0v) is 16.5. The molecule has 148 valence electrons. The number of hydrogen-bond acceptors (Lipinski definition) is 6. The number of imide groups is 1. The fourth-order valence-corrected chi connectivity index (χ4v) is 3.60. The topological polar surface area (TPSA) is 93.7 Å². The van der Waals surface area contributed by atoms with Crippen LogP contribution in [0.25, 0.3) is 0 Å². The SMILES string of the molecule is COc1ccc(SCC(=O)OCC(=O)NC(=O)N[C@@H]2CCCC[C@@H]2C)cc1. The van der Waals surface area contributed by atoms with E-state index in [0.29, 0.717) is 5.92 Å². The molecule has 27 heavy (non-hydrogen) atoms. The maximum absolute atomic E-state index is 11.9. The summed E-state index contributed by atoms with van der Waals surface area (Å²) < 4.78 is 9.97. The summed E-state index contributed by atoms with van der Waals surface area (Å²) in [6.45, 7) is 1.61. The standard InChI is InChI=1S/C19H26N2O5S/c1-13-5-3-4-6-16(13)20-19(24)21-17(22)11-26-18(23)12-27-15-9-7-14(25-2)8-10-15/h7-10,13,16H,3-6,11-12H2,1-2H3,(H2,20,21,22,24)/t13-,16+/m0/s1. The summed E-state index contributed by atoms with van der Waals surface area (Å²) in [4.78, 5) is 36.3. The minimum Gasteiger partial charge on any atom is -0.497 e. The van der Waals surface area contributed by atoms with Crippen molar-refractivity contribution in [2.24, 2.45) is 5.92 Å². The molecule has 0 aromatic heterocycles. The molecule has 7 nitrogen and oxygen atoms in total. The van der Waals surface area contributed by atoms with Gasteiger partial charge in [0.05, 0.1) is 12.9 Å². The second-order valence-corrected chi connectivity index (χ2v) is 7.56. The van der Waals surface area contributed by atoms with Gasteiger partial charge in [-0.15, -0.1) is 11.8 Å². The lowest BCUT2D eigenvalue weighted by Crippen LogP contribution is -2.48. The number of nitrogens with one attached hydrogen (secondary N) is 2. The number of amides is 3. The Bertz CT molecular complexity index is 650. The van der Waals surface area contributed by atoms with Gasteiger partial charge >= 0.3 is 12.0 Å². The number of carbonyl (C=O) groups is 3. The first-order valence-electron chi connectivity index (χ1n) is 9.00. The molecule has 3 amide bonds. The summed E-state index contributed by atoms with van der Waals surface area (Å²) in [7, 11) is 1.58. The van der Waals surface area contributed by atoms with Crippen molar-refractivity contribution in [3.63, 3.8) is 0 Å². The van der Waals surface area contributed by atoms with E-state index in [9.17, 15) is 14.4 Å². The zero-order chi connectivity index (χ0) is 19.6. The van der Waals surface area contributed by atoms with Crippen molar-refractivity contribution in [3.05, 3.63) is 24.3 Å². The highest BCUT2D eigenvalue weighted by Gasteiger charge is 2.23. The number of methoxy groups -OCH3 is 1. The summed E-state index contributed by atoms with van der Waals surface area (Å²) in [6, 6.07) is 6.80. The van der Waals surface area contributed by atoms with Crippen LogP contribution in [0.4, 0.5) is 4.79 Å². The van der Waals surface area contributed by atoms with E-state index in [0.717, 1.165) is 29.9 Å². The van der Waals surface area contributed by atoms with E-state index in [2.05, 4.69) is 17.6 Å². The molecule has 0 spiro atoms. The molecule has 1 saturated carbocycles. The second-order valence-electron chi connectivity index (χ2n) is 6.51. The lowest BCUT2D eigenvalue weighted by atomic mass is 9.86. The fraction of sp³-hybridized carbons (Fsp3) is 0.526. The van der Waals surface area contributed by atoms with Gasteiger partial charge in [0.15, 0.2) is 6.61 Å². The largest absolute Gasteiger partial charge is 0.497 e. The third kappa shape index (κ3) is 7.50. The zero-order valence-electron chi connectivity index (χ0n) is 15.7. The maximum atomic E-state index is 11.9. The Balaban J connectivity index is 1.63. The number of thioether (sulfide) groups is 1. The monoisotopic (exact) mass is 394 g/mol. The van der Waals surface area contributed by atoms with Gasteiger partial charge in [-0.3, -0.25) is 14.9 Å². The van der Waals surface area contributed by atoms with Crippen LogP contribution in [0.5, 0.6) is 5.75 Å². The molecule has 1 aliphatic rings. The molecular formula is C19H26N2O5S. The molecule has 2 rings (SSSR count). The van der Waals surface area contributed by atoms with Crippen LogP contribution in [-0.2, 0) is 14.3 Å². The van der Waals surface area contributed by atoms with Gasteiger partial charge in [0.1, 0.15) is 5.75 Å². The van der Waals surface area contributed by atoms with Crippen molar-refractivity contribution in [2.45, 2.75) is 43.5 Å². The van der Waals surface area contributed by atoms with Gasteiger partial charge in [-0.2, -0.15) is 0 Å². The molecule has 0 unspecified atom stereocenters. The number of carbonyl (C=O) groups excluding carboxylic acids is 3. The van der Waals surface area contributed by atoms with Crippen LogP contribution < -0.4 is 15.4 Å². The number of urea groups is 1. The van der Waals surface area contributed by atoms with Crippen molar-refractivity contribution < 1.29 is 23.9 Å². The van der Waals surface area contributed by atoms with Gasteiger partial charge in [0, 0.05) is 10.9 Å². The third-order valence-electron chi connectivity index (χ3n) is 4.46. The van der Waals surface area contributed by atoms with Crippen LogP contribution >= 0.6 is 11.8 Å². The Morgan fingerprint density at radius 3 is 2.52 bits per heavy atom. The smallest absolute Gasteiger partial charge is 0.321 e. The Morgan fingerprint density at radius 2 is 1.85 bits per heavy atom. The maximum Gasteiger partial charge on any atom is 0.321 e. The molecule has 1 aromatic carbocycles. The predicted molar refractivity (Wildman–Crippen MR) is 103 cm³/mol. The summed E-state index contributed by atoms with van der Waals surface area (Å²) in [5.41, 5.74) is 0. The van der Waals surface area contributed by atoms with Crippen molar-refractivity contribution in [1.29, 1.82) is 0 Å². The molecule has 0 heterocycles. The van der Waals surface area contributed by atoms with Crippen molar-refractivity contribution in [1.82, 2.24) is 10.6 Å². The Kier molecular flexibility index (Phi) is 8.44. The molecular weight excluding hydrogens is 368 g/mol. The van der Waals surface area contributed by atoms with E-state index in [1.54, 1.807) is 19.2 Å². The van der Waals surface area contributed by atoms with Crippen LogP contribution in [0.15, 0.2) is 29.2 Å². The number of ether oxygens (including phenoxy) is 2. The highest BCUT2D eigenvalue weighted by Crippen LogP contribution is 2.23. The summed E-state index contributed by atoms with van der Waals surface area (Å²) in [5, 5.41) is 5.02. The highest BCUT2D eigenvalue weighted by atomic mass is 32.2. The minimum atomic E-state index is -0.640. The lowest BCUT2D eigenvalue weighted by molar-refractivity contribution is -0.145. The van der Waals surface area contributed by atoms with Crippen LogP contribution in [0.1, 0.15) is 32.6 Å². The van der Waals surface area contributed by atoms with E-state index >= 15 is 0 Å². The normalized spacial score (nSPS) is 19.0. The van der Waals surface area contributed by atoms with E-state index in [1.165, 1.54) is 18.2 Å². The fourth-order valence-electron chi connectivity index (χ4n) is 2.90. The Hall–Kier alpha value is -2.22. The van der Waals surface area contributed by atoms with E-state index in [-0.39, 0.29) is 11.8 Å². The van der Waals surface area contributed by atoms with Gasteiger partial charge in [-0.25, -0.2) is 4.79 Å². The van der Waals surface area contributed by atoms with Crippen molar-refractivity contribution in [2.75, 3.05) is 19.5 Å². The van der Waals surface area contributed by atoms with Crippen LogP contribution in [-0.4, -0.2) is 43.4 Å². The van der Waals surface area contributed by atoms with Crippen molar-refractivity contribution in [3.8, 4) is 5.75 Å². The summed E-state index contributed by atoms with van der Waals surface area (Å²) >= 11 is 1.30. The molecule has 0 aliphatic heterocycles. The average molecular weight is 394 g/mol. The Labute approximate surface area is 163 Å². The quantitative estimate of drug-likeness (QED) is 0.546. The number of rotatable bonds is 7. The molecule has 2 N–H and O–H groups in total. The molecule has 0 saturated heterocycles.